The number of carbonyl (C=O) groups excluding carboxylic acids is 2. The third kappa shape index (κ3) is 4.10. The molecule has 2 aliphatic rings. The quantitative estimate of drug-likeness (QED) is 0.542. The van der Waals surface area contributed by atoms with E-state index in [1.807, 2.05) is 32.5 Å². The van der Waals surface area contributed by atoms with Gasteiger partial charge < -0.3 is 5.11 Å². The number of pyridine rings is 1. The molecule has 8 nitrogen and oxygen atoms in total. The van der Waals surface area contributed by atoms with E-state index in [4.69, 9.17) is 0 Å². The molecule has 9 heteroatoms. The highest BCUT2D eigenvalue weighted by Gasteiger charge is 2.50. The Labute approximate surface area is 209 Å². The number of likely N-dealkylation sites (tertiary alicyclic amines) is 1. The van der Waals surface area contributed by atoms with Crippen LogP contribution in [0.3, 0.4) is 0 Å². The minimum Gasteiger partial charge on any atom is -0.384 e. The first kappa shape index (κ1) is 24.5. The summed E-state index contributed by atoms with van der Waals surface area (Å²) in [4.78, 5) is 30.5. The molecule has 2 aromatic heterocycles. The first-order valence-corrected chi connectivity index (χ1v) is 12.3. The average Bonchev–Trinajstić information content (AvgIpc) is 3.12. The zero-order valence-electron chi connectivity index (χ0n) is 21.1. The Kier molecular flexibility index (Phi) is 5.95. The molecule has 0 bridgehead atoms. The average molecular weight is 494 g/mol. The molecule has 36 heavy (non-hydrogen) atoms. The molecule has 2 N–H and O–H groups in total. The van der Waals surface area contributed by atoms with Gasteiger partial charge in [-0.2, -0.15) is 5.10 Å². The van der Waals surface area contributed by atoms with Crippen LogP contribution >= 0.6 is 0 Å². The number of nitrogens with zero attached hydrogens (tertiary/aromatic N) is 4. The Morgan fingerprint density at radius 3 is 2.69 bits per heavy atom. The lowest BCUT2D eigenvalue weighted by atomic mass is 9.66. The van der Waals surface area contributed by atoms with Gasteiger partial charge in [0.25, 0.3) is 0 Å². The van der Waals surface area contributed by atoms with Crippen LogP contribution < -0.4 is 5.32 Å². The Bertz CT molecular complexity index is 1370. The number of nitrogens with one attached hydrogen (secondary N) is 1. The van der Waals surface area contributed by atoms with Crippen molar-refractivity contribution in [1.82, 2.24) is 25.0 Å². The summed E-state index contributed by atoms with van der Waals surface area (Å²) in [6, 6.07) is 7.06. The number of benzene rings is 1. The van der Waals surface area contributed by atoms with E-state index in [-0.39, 0.29) is 29.2 Å². The van der Waals surface area contributed by atoms with Gasteiger partial charge in [-0.25, -0.2) is 4.39 Å². The van der Waals surface area contributed by atoms with Crippen LogP contribution in [-0.2, 0) is 28.8 Å². The zero-order valence-corrected chi connectivity index (χ0v) is 21.1. The number of rotatable bonds is 4. The summed E-state index contributed by atoms with van der Waals surface area (Å²) >= 11 is 0. The second kappa shape index (κ2) is 8.74. The molecule has 0 spiro atoms. The van der Waals surface area contributed by atoms with Crippen molar-refractivity contribution in [3.8, 4) is 0 Å². The molecular formula is C27H32FN5O3. The number of aryl methyl sites for hydroxylation is 2. The van der Waals surface area contributed by atoms with E-state index < -0.39 is 22.8 Å². The maximum atomic E-state index is 16.1. The van der Waals surface area contributed by atoms with Crippen LogP contribution in [0.5, 0.6) is 0 Å². The Hall–Kier alpha value is -3.17. The van der Waals surface area contributed by atoms with Crippen molar-refractivity contribution in [1.29, 1.82) is 0 Å². The molecule has 2 saturated heterocycles. The molecule has 3 aromatic rings. The summed E-state index contributed by atoms with van der Waals surface area (Å²) < 4.78 is 17.9. The smallest absolute Gasteiger partial charge is 0.234 e. The second-order valence-corrected chi connectivity index (χ2v) is 10.9. The minimum absolute atomic E-state index is 0.236. The van der Waals surface area contributed by atoms with Crippen LogP contribution in [0.1, 0.15) is 61.5 Å². The number of amides is 2. The summed E-state index contributed by atoms with van der Waals surface area (Å²) in [5, 5.41) is 19.0. The van der Waals surface area contributed by atoms with Gasteiger partial charge in [0.1, 0.15) is 5.82 Å². The van der Waals surface area contributed by atoms with E-state index in [0.29, 0.717) is 43.6 Å². The molecule has 2 amide bonds. The number of fused-ring (bicyclic) bond motifs is 1. The molecule has 190 valence electrons. The third-order valence-corrected chi connectivity index (χ3v) is 7.92. The van der Waals surface area contributed by atoms with E-state index in [0.717, 1.165) is 11.4 Å². The summed E-state index contributed by atoms with van der Waals surface area (Å²) in [7, 11) is 1.93. The SMILES string of the molecule is Cc1cc(CN2CCC(O)(c3ccc4ncc(C5CCC(=O)NC5=O)cc4c3F)C(C)(C)C2)n(C)n1. The van der Waals surface area contributed by atoms with E-state index in [9.17, 15) is 14.7 Å². The molecule has 5 rings (SSSR count). The van der Waals surface area contributed by atoms with Crippen LogP contribution in [0, 0.1) is 18.2 Å². The summed E-state index contributed by atoms with van der Waals surface area (Å²) in [5.41, 5.74) is 1.31. The maximum absolute atomic E-state index is 16.1. The lowest BCUT2D eigenvalue weighted by Crippen LogP contribution is -2.55. The first-order chi connectivity index (χ1) is 17.0. The minimum atomic E-state index is -1.38. The van der Waals surface area contributed by atoms with Gasteiger partial charge in [-0.05, 0) is 43.5 Å². The topological polar surface area (TPSA) is 100 Å². The highest BCUT2D eigenvalue weighted by Crippen LogP contribution is 2.48. The molecule has 2 aliphatic heterocycles. The van der Waals surface area contributed by atoms with Crippen molar-refractivity contribution >= 4 is 22.7 Å². The number of hydrogen-bond donors (Lipinski definition) is 2. The van der Waals surface area contributed by atoms with Crippen LogP contribution in [0.2, 0.25) is 0 Å². The highest BCUT2D eigenvalue weighted by molar-refractivity contribution is 6.01. The van der Waals surface area contributed by atoms with Gasteiger partial charge in [0.05, 0.1) is 28.4 Å². The van der Waals surface area contributed by atoms with Crippen LogP contribution in [0.25, 0.3) is 10.9 Å². The van der Waals surface area contributed by atoms with Gasteiger partial charge in [-0.15, -0.1) is 0 Å². The molecule has 0 saturated carbocycles. The lowest BCUT2D eigenvalue weighted by Gasteiger charge is -2.50. The van der Waals surface area contributed by atoms with Gasteiger partial charge in [0.15, 0.2) is 0 Å². The monoisotopic (exact) mass is 493 g/mol. The largest absolute Gasteiger partial charge is 0.384 e. The predicted octanol–water partition coefficient (Wildman–Crippen LogP) is 3.06. The predicted molar refractivity (Wildman–Crippen MR) is 132 cm³/mol. The van der Waals surface area contributed by atoms with Gasteiger partial charge in [0.2, 0.25) is 11.8 Å². The standard InChI is InChI=1S/C27H32FN5O3/c1-16-11-18(32(4)31-16)14-33-10-9-27(36,26(2,3)15-33)21-6-7-22-20(24(21)28)12-17(13-29-22)19-5-8-23(34)30-25(19)35/h6-7,11-13,19,36H,5,8-10,14-15H2,1-4H3,(H,30,34,35). The van der Waals surface area contributed by atoms with Gasteiger partial charge in [-0.1, -0.05) is 19.9 Å². The Morgan fingerprint density at radius 2 is 2.03 bits per heavy atom. The normalized spacial score (nSPS) is 24.8. The van der Waals surface area contributed by atoms with Crippen molar-refractivity contribution in [2.24, 2.45) is 12.5 Å². The number of aliphatic hydroxyl groups is 1. The van der Waals surface area contributed by atoms with E-state index in [1.165, 1.54) is 0 Å². The van der Waals surface area contributed by atoms with Crippen molar-refractivity contribution < 1.29 is 19.1 Å². The number of hydrogen-bond acceptors (Lipinski definition) is 6. The van der Waals surface area contributed by atoms with Crippen molar-refractivity contribution in [2.45, 2.75) is 58.1 Å². The number of halogens is 1. The fourth-order valence-corrected chi connectivity index (χ4v) is 5.80. The second-order valence-electron chi connectivity index (χ2n) is 10.9. The van der Waals surface area contributed by atoms with Gasteiger partial charge in [0, 0.05) is 55.7 Å². The lowest BCUT2D eigenvalue weighted by molar-refractivity contribution is -0.134. The van der Waals surface area contributed by atoms with Gasteiger partial charge >= 0.3 is 0 Å². The summed E-state index contributed by atoms with van der Waals surface area (Å²) in [6.07, 6.45) is 2.54. The van der Waals surface area contributed by atoms with Crippen LogP contribution in [-0.4, -0.2) is 49.7 Å². The first-order valence-electron chi connectivity index (χ1n) is 12.3. The van der Waals surface area contributed by atoms with Crippen molar-refractivity contribution in [2.75, 3.05) is 13.1 Å². The van der Waals surface area contributed by atoms with Crippen LogP contribution in [0.4, 0.5) is 4.39 Å². The van der Waals surface area contributed by atoms with Gasteiger partial charge in [-0.3, -0.25) is 29.5 Å². The van der Waals surface area contributed by atoms with E-state index >= 15 is 4.39 Å². The number of aromatic nitrogens is 3. The highest BCUT2D eigenvalue weighted by atomic mass is 19.1. The fourth-order valence-electron chi connectivity index (χ4n) is 5.80. The number of piperidine rings is 2. The third-order valence-electron chi connectivity index (χ3n) is 7.92. The summed E-state index contributed by atoms with van der Waals surface area (Å²) in [6.45, 7) is 7.79. The Morgan fingerprint density at radius 1 is 1.25 bits per heavy atom. The van der Waals surface area contributed by atoms with E-state index in [2.05, 4.69) is 26.4 Å². The maximum Gasteiger partial charge on any atom is 0.234 e. The summed E-state index contributed by atoms with van der Waals surface area (Å²) in [5.74, 6) is -1.76. The fraction of sp³-hybridized carbons (Fsp3) is 0.481. The molecule has 2 unspecified atom stereocenters. The number of carbonyl (C=O) groups is 2. The number of imide groups is 1. The van der Waals surface area contributed by atoms with E-state index in [1.54, 1.807) is 24.4 Å². The van der Waals surface area contributed by atoms with Crippen LogP contribution in [0.15, 0.2) is 30.5 Å². The molecule has 2 atom stereocenters. The molecule has 4 heterocycles. The molecule has 2 fully saturated rings. The van der Waals surface area contributed by atoms with Crippen molar-refractivity contribution in [3.05, 3.63) is 58.8 Å². The molecule has 1 aromatic carbocycles. The zero-order chi connectivity index (χ0) is 25.8. The van der Waals surface area contributed by atoms with Crippen molar-refractivity contribution in [3.63, 3.8) is 0 Å². The molecule has 0 radical (unpaired) electrons. The Balaban J connectivity index is 1.45. The molecular weight excluding hydrogens is 461 g/mol. The molecule has 0 aliphatic carbocycles.